The normalized spacial score (nSPS) is 12.6. The highest BCUT2D eigenvalue weighted by atomic mass is 35.5. The maximum absolute atomic E-state index is 13.5. The molecule has 2 rings (SSSR count). The van der Waals surface area contributed by atoms with Gasteiger partial charge in [0.25, 0.3) is 0 Å². The minimum absolute atomic E-state index is 0.0723. The molecule has 0 saturated heterocycles. The van der Waals surface area contributed by atoms with Crippen LogP contribution in [0.2, 0.25) is 5.02 Å². The quantitative estimate of drug-likeness (QED) is 0.885. The summed E-state index contributed by atoms with van der Waals surface area (Å²) < 4.78 is 18.8. The molecule has 0 aliphatic rings. The van der Waals surface area contributed by atoms with Gasteiger partial charge >= 0.3 is 0 Å². The highest BCUT2D eigenvalue weighted by Crippen LogP contribution is 2.27. The maximum atomic E-state index is 13.5. The van der Waals surface area contributed by atoms with E-state index in [-0.39, 0.29) is 16.9 Å². The molecule has 102 valence electrons. The van der Waals surface area contributed by atoms with Crippen LogP contribution in [0.15, 0.2) is 34.9 Å². The molecule has 0 radical (unpaired) electrons. The lowest BCUT2D eigenvalue weighted by molar-refractivity contribution is 0.501. The minimum Gasteiger partial charge on any atom is -0.469 e. The van der Waals surface area contributed by atoms with Crippen LogP contribution in [0, 0.1) is 12.7 Å². The van der Waals surface area contributed by atoms with Crippen molar-refractivity contribution in [1.29, 1.82) is 0 Å². The van der Waals surface area contributed by atoms with Gasteiger partial charge in [0.2, 0.25) is 0 Å². The van der Waals surface area contributed by atoms with E-state index >= 15 is 0 Å². The summed E-state index contributed by atoms with van der Waals surface area (Å²) in [7, 11) is 0. The van der Waals surface area contributed by atoms with E-state index in [9.17, 15) is 4.39 Å². The van der Waals surface area contributed by atoms with E-state index in [2.05, 4.69) is 5.32 Å². The summed E-state index contributed by atoms with van der Waals surface area (Å²) in [6.45, 7) is 4.78. The Balaban J connectivity index is 2.27. The van der Waals surface area contributed by atoms with Gasteiger partial charge in [0.1, 0.15) is 11.6 Å². The van der Waals surface area contributed by atoms with Crippen molar-refractivity contribution in [3.05, 3.63) is 58.3 Å². The van der Waals surface area contributed by atoms with Gasteiger partial charge in [-0.15, -0.1) is 0 Å². The smallest absolute Gasteiger partial charge is 0.142 e. The predicted octanol–water partition coefficient (Wildman–Crippen LogP) is 4.27. The third-order valence-corrected chi connectivity index (χ3v) is 3.60. The van der Waals surface area contributed by atoms with Crippen LogP contribution in [0.3, 0.4) is 0 Å². The van der Waals surface area contributed by atoms with Gasteiger partial charge in [-0.2, -0.15) is 0 Å². The topological polar surface area (TPSA) is 25.2 Å². The molecule has 1 N–H and O–H groups in total. The van der Waals surface area contributed by atoms with E-state index in [0.29, 0.717) is 6.42 Å². The molecular formula is C15H17ClFNO. The van der Waals surface area contributed by atoms with Crippen molar-refractivity contribution in [3.8, 4) is 0 Å². The Labute approximate surface area is 117 Å². The Bertz CT molecular complexity index is 553. The molecule has 0 aliphatic carbocycles. The second-order valence-electron chi connectivity index (χ2n) is 4.46. The number of furan rings is 1. The first-order valence-corrected chi connectivity index (χ1v) is 6.71. The monoisotopic (exact) mass is 281 g/mol. The summed E-state index contributed by atoms with van der Waals surface area (Å²) in [6, 6.07) is 6.92. The van der Waals surface area contributed by atoms with E-state index in [1.165, 1.54) is 6.07 Å². The van der Waals surface area contributed by atoms with E-state index in [0.717, 1.165) is 23.4 Å². The summed E-state index contributed by atoms with van der Waals surface area (Å²) in [4.78, 5) is 0. The van der Waals surface area contributed by atoms with Gasteiger partial charge in [-0.05, 0) is 37.6 Å². The lowest BCUT2D eigenvalue weighted by Crippen LogP contribution is -2.23. The van der Waals surface area contributed by atoms with Gasteiger partial charge in [0.15, 0.2) is 0 Å². The first-order valence-electron chi connectivity index (χ1n) is 6.33. The zero-order chi connectivity index (χ0) is 13.8. The highest BCUT2D eigenvalue weighted by Gasteiger charge is 2.17. The Hall–Kier alpha value is -1.32. The van der Waals surface area contributed by atoms with Crippen LogP contribution in [0.5, 0.6) is 0 Å². The molecule has 19 heavy (non-hydrogen) atoms. The molecule has 0 amide bonds. The molecular weight excluding hydrogens is 265 g/mol. The fraction of sp³-hybridized carbons (Fsp3) is 0.333. The zero-order valence-electron chi connectivity index (χ0n) is 11.0. The molecule has 0 saturated carbocycles. The standard InChI is InChI=1S/C15H17ClFNO/c1-3-18-14(12-7-8-19-10(12)2)9-11-5-4-6-13(17)15(11)16/h4-8,14,18H,3,9H2,1-2H3. The number of hydrogen-bond donors (Lipinski definition) is 1. The Morgan fingerprint density at radius 2 is 2.16 bits per heavy atom. The molecule has 1 heterocycles. The average Bonchev–Trinajstić information content (AvgIpc) is 2.80. The molecule has 1 atom stereocenters. The largest absolute Gasteiger partial charge is 0.469 e. The van der Waals surface area contributed by atoms with Crippen LogP contribution >= 0.6 is 11.6 Å². The molecule has 1 aromatic heterocycles. The predicted molar refractivity (Wildman–Crippen MR) is 75.0 cm³/mol. The summed E-state index contributed by atoms with van der Waals surface area (Å²) >= 11 is 6.01. The van der Waals surface area contributed by atoms with Crippen molar-refractivity contribution in [3.63, 3.8) is 0 Å². The summed E-state index contributed by atoms with van der Waals surface area (Å²) in [5, 5.41) is 3.58. The first kappa shape index (κ1) is 14.1. The third kappa shape index (κ3) is 3.17. The summed E-state index contributed by atoms with van der Waals surface area (Å²) in [5.74, 6) is 0.497. The van der Waals surface area contributed by atoms with Gasteiger partial charge in [0.05, 0.1) is 11.3 Å². The Morgan fingerprint density at radius 3 is 2.79 bits per heavy atom. The SMILES string of the molecule is CCNC(Cc1cccc(F)c1Cl)c1ccoc1C. The fourth-order valence-corrected chi connectivity index (χ4v) is 2.42. The summed E-state index contributed by atoms with van der Waals surface area (Å²) in [5.41, 5.74) is 1.88. The van der Waals surface area contributed by atoms with Crippen LogP contribution in [-0.4, -0.2) is 6.54 Å². The van der Waals surface area contributed by atoms with E-state index in [4.69, 9.17) is 16.0 Å². The second kappa shape index (κ2) is 6.22. The van der Waals surface area contributed by atoms with Crippen molar-refractivity contribution in [2.45, 2.75) is 26.3 Å². The van der Waals surface area contributed by atoms with Gasteiger partial charge in [0, 0.05) is 11.6 Å². The zero-order valence-corrected chi connectivity index (χ0v) is 11.8. The van der Waals surface area contributed by atoms with Gasteiger partial charge in [-0.3, -0.25) is 0 Å². The number of rotatable bonds is 5. The molecule has 2 nitrogen and oxygen atoms in total. The van der Waals surface area contributed by atoms with Gasteiger partial charge in [-0.25, -0.2) is 4.39 Å². The molecule has 1 unspecified atom stereocenters. The number of hydrogen-bond acceptors (Lipinski definition) is 2. The molecule has 2 aromatic rings. The Morgan fingerprint density at radius 1 is 1.37 bits per heavy atom. The molecule has 4 heteroatoms. The van der Waals surface area contributed by atoms with Gasteiger partial charge in [-0.1, -0.05) is 30.7 Å². The number of aryl methyl sites for hydroxylation is 1. The molecule has 0 aliphatic heterocycles. The number of nitrogens with one attached hydrogen (secondary N) is 1. The molecule has 1 aromatic carbocycles. The van der Waals surface area contributed by atoms with Gasteiger partial charge < -0.3 is 9.73 Å². The lowest BCUT2D eigenvalue weighted by Gasteiger charge is -2.18. The minimum atomic E-state index is -0.377. The maximum Gasteiger partial charge on any atom is 0.142 e. The summed E-state index contributed by atoms with van der Waals surface area (Å²) in [6.07, 6.45) is 2.30. The first-order chi connectivity index (χ1) is 9.13. The third-order valence-electron chi connectivity index (χ3n) is 3.18. The van der Waals surface area contributed by atoms with Crippen LogP contribution < -0.4 is 5.32 Å². The van der Waals surface area contributed by atoms with E-state index < -0.39 is 0 Å². The number of halogens is 2. The fourth-order valence-electron chi connectivity index (χ4n) is 2.22. The highest BCUT2D eigenvalue weighted by molar-refractivity contribution is 6.31. The van der Waals surface area contributed by atoms with E-state index in [1.807, 2.05) is 26.0 Å². The van der Waals surface area contributed by atoms with Crippen LogP contribution in [-0.2, 0) is 6.42 Å². The van der Waals surface area contributed by atoms with E-state index in [1.54, 1.807) is 12.3 Å². The molecule has 0 fully saturated rings. The number of likely N-dealkylation sites (N-methyl/N-ethyl adjacent to an activating group) is 1. The lowest BCUT2D eigenvalue weighted by atomic mass is 9.99. The average molecular weight is 282 g/mol. The van der Waals surface area contributed by atoms with Crippen molar-refractivity contribution < 1.29 is 8.81 Å². The van der Waals surface area contributed by atoms with Crippen molar-refractivity contribution >= 4 is 11.6 Å². The van der Waals surface area contributed by atoms with Crippen LogP contribution in [0.1, 0.15) is 29.9 Å². The molecule has 0 bridgehead atoms. The van der Waals surface area contributed by atoms with Crippen molar-refractivity contribution in [1.82, 2.24) is 5.32 Å². The second-order valence-corrected chi connectivity index (χ2v) is 4.84. The van der Waals surface area contributed by atoms with Crippen molar-refractivity contribution in [2.24, 2.45) is 0 Å². The van der Waals surface area contributed by atoms with Crippen LogP contribution in [0.25, 0.3) is 0 Å². The number of benzene rings is 1. The van der Waals surface area contributed by atoms with Crippen molar-refractivity contribution in [2.75, 3.05) is 6.54 Å². The van der Waals surface area contributed by atoms with Crippen LogP contribution in [0.4, 0.5) is 4.39 Å². The Kier molecular flexibility index (Phi) is 4.61. The molecule has 0 spiro atoms.